The van der Waals surface area contributed by atoms with Crippen molar-refractivity contribution in [3.8, 4) is 0 Å². The lowest BCUT2D eigenvalue weighted by atomic mass is 9.43. The lowest BCUT2D eigenvalue weighted by Gasteiger charge is -2.64. The molecule has 1 aromatic carbocycles. The van der Waals surface area contributed by atoms with E-state index in [0.29, 0.717) is 41.9 Å². The van der Waals surface area contributed by atoms with Gasteiger partial charge in [0.25, 0.3) is 0 Å². The van der Waals surface area contributed by atoms with E-state index in [1.165, 1.54) is 12.0 Å². The van der Waals surface area contributed by atoms with E-state index in [2.05, 4.69) is 32.9 Å². The molecule has 210 valence electrons. The highest BCUT2D eigenvalue weighted by atomic mass is 16.5. The van der Waals surface area contributed by atoms with E-state index < -0.39 is 0 Å². The fraction of sp³-hybridized carbons (Fsp3) is 0.788. The number of carbonyl (C=O) groups excluding carboxylic acids is 1. The lowest BCUT2D eigenvalue weighted by Crippen LogP contribution is -2.62. The minimum Gasteiger partial charge on any atom is -0.393 e. The van der Waals surface area contributed by atoms with Crippen LogP contribution in [0.25, 0.3) is 0 Å². The number of ether oxygens (including phenoxy) is 1. The molecule has 1 amide bonds. The van der Waals surface area contributed by atoms with Crippen molar-refractivity contribution in [3.63, 3.8) is 0 Å². The third-order valence-corrected chi connectivity index (χ3v) is 12.8. The van der Waals surface area contributed by atoms with Crippen LogP contribution in [0.1, 0.15) is 90.5 Å². The number of amides is 1. The Morgan fingerprint density at radius 1 is 1.11 bits per heavy atom. The third-order valence-electron chi connectivity index (χ3n) is 12.8. The summed E-state index contributed by atoms with van der Waals surface area (Å²) in [7, 11) is 1.90. The van der Waals surface area contributed by atoms with E-state index in [0.717, 1.165) is 63.6 Å². The average Bonchev–Trinajstić information content (AvgIpc) is 3.23. The van der Waals surface area contributed by atoms with Crippen LogP contribution >= 0.6 is 0 Å². The van der Waals surface area contributed by atoms with Crippen molar-refractivity contribution in [1.29, 1.82) is 0 Å². The molecule has 2 N–H and O–H groups in total. The molecule has 38 heavy (non-hydrogen) atoms. The van der Waals surface area contributed by atoms with Gasteiger partial charge in [0.15, 0.2) is 0 Å². The maximum Gasteiger partial charge on any atom is 0.227 e. The molecular formula is C33H49NO4. The molecular weight excluding hydrogens is 474 g/mol. The number of carbonyl (C=O) groups is 1. The van der Waals surface area contributed by atoms with Crippen molar-refractivity contribution in [2.75, 3.05) is 12.0 Å². The van der Waals surface area contributed by atoms with Crippen molar-refractivity contribution in [2.45, 2.75) is 110 Å². The summed E-state index contributed by atoms with van der Waals surface area (Å²) in [6, 6.07) is 8.25. The van der Waals surface area contributed by atoms with Crippen molar-refractivity contribution >= 4 is 11.6 Å². The van der Waals surface area contributed by atoms with Crippen molar-refractivity contribution in [2.24, 2.45) is 46.3 Å². The van der Waals surface area contributed by atoms with E-state index in [4.69, 9.17) is 4.74 Å². The van der Waals surface area contributed by atoms with Crippen LogP contribution < -0.4 is 4.90 Å². The van der Waals surface area contributed by atoms with Crippen LogP contribution in [0.2, 0.25) is 0 Å². The minimum atomic E-state index is -0.280. The number of aliphatic hydroxyl groups excluding tert-OH is 2. The molecule has 0 unspecified atom stereocenters. The Bertz CT molecular complexity index is 1040. The number of benzene rings is 1. The zero-order valence-corrected chi connectivity index (χ0v) is 23.9. The summed E-state index contributed by atoms with van der Waals surface area (Å²) >= 11 is 0. The van der Waals surface area contributed by atoms with Gasteiger partial charge in [-0.25, -0.2) is 0 Å². The molecule has 0 aromatic heterocycles. The first-order chi connectivity index (χ1) is 18.2. The fourth-order valence-corrected chi connectivity index (χ4v) is 10.7. The van der Waals surface area contributed by atoms with Crippen LogP contribution in [0.15, 0.2) is 24.3 Å². The third kappa shape index (κ3) is 3.93. The van der Waals surface area contributed by atoms with E-state index >= 15 is 0 Å². The van der Waals surface area contributed by atoms with Crippen LogP contribution in [-0.4, -0.2) is 41.5 Å². The van der Waals surface area contributed by atoms with Gasteiger partial charge in [-0.05, 0) is 104 Å². The van der Waals surface area contributed by atoms with Crippen molar-refractivity contribution in [1.82, 2.24) is 0 Å². The fourth-order valence-electron chi connectivity index (χ4n) is 10.7. The number of hydrogen-bond acceptors (Lipinski definition) is 4. The molecule has 11 atom stereocenters. The lowest BCUT2D eigenvalue weighted by molar-refractivity contribution is -0.213. The Balaban J connectivity index is 1.21. The molecule has 1 aromatic rings. The summed E-state index contributed by atoms with van der Waals surface area (Å²) in [6.07, 6.45) is 9.31. The number of methoxy groups -OCH3 is 1. The smallest absolute Gasteiger partial charge is 0.227 e. The van der Waals surface area contributed by atoms with Crippen LogP contribution in [0, 0.1) is 46.3 Å². The maximum atomic E-state index is 13.2. The monoisotopic (exact) mass is 523 g/mol. The number of hydrogen-bond donors (Lipinski definition) is 2. The highest BCUT2D eigenvalue weighted by molar-refractivity contribution is 5.97. The quantitative estimate of drug-likeness (QED) is 0.483. The molecule has 4 aliphatic carbocycles. The van der Waals surface area contributed by atoms with Gasteiger partial charge in [0, 0.05) is 24.6 Å². The zero-order valence-electron chi connectivity index (χ0n) is 23.9. The van der Waals surface area contributed by atoms with Gasteiger partial charge in [0.1, 0.15) is 0 Å². The average molecular weight is 524 g/mol. The van der Waals surface area contributed by atoms with Gasteiger partial charge in [0.2, 0.25) is 5.91 Å². The molecule has 0 saturated heterocycles. The van der Waals surface area contributed by atoms with Crippen LogP contribution in [0.4, 0.5) is 5.69 Å². The molecule has 1 heterocycles. The van der Waals surface area contributed by atoms with Gasteiger partial charge in [-0.3, -0.25) is 4.79 Å². The molecule has 4 saturated carbocycles. The molecule has 5 heteroatoms. The number of rotatable bonds is 6. The van der Waals surface area contributed by atoms with Gasteiger partial charge in [-0.2, -0.15) is 0 Å². The Kier molecular flexibility index (Phi) is 6.97. The van der Waals surface area contributed by atoms with E-state index in [1.54, 1.807) is 0 Å². The normalized spacial score (nSPS) is 44.3. The summed E-state index contributed by atoms with van der Waals surface area (Å²) in [5.41, 5.74) is 2.57. The number of para-hydroxylation sites is 1. The second-order valence-corrected chi connectivity index (χ2v) is 14.0. The predicted molar refractivity (Wildman–Crippen MR) is 149 cm³/mol. The topological polar surface area (TPSA) is 70.0 Å². The Hall–Kier alpha value is -1.43. The van der Waals surface area contributed by atoms with Gasteiger partial charge < -0.3 is 19.8 Å². The minimum absolute atomic E-state index is 0.0291. The highest BCUT2D eigenvalue weighted by Crippen LogP contribution is 2.69. The number of fused-ring (bicyclic) bond motifs is 6. The number of anilines is 1. The number of nitrogens with zero attached hydrogens (tertiary/aromatic N) is 1. The van der Waals surface area contributed by atoms with E-state index in [1.807, 2.05) is 24.1 Å². The molecule has 1 aliphatic heterocycles. The van der Waals surface area contributed by atoms with Crippen LogP contribution in [0.5, 0.6) is 0 Å². The molecule has 0 bridgehead atoms. The van der Waals surface area contributed by atoms with Gasteiger partial charge in [-0.15, -0.1) is 0 Å². The highest BCUT2D eigenvalue weighted by Gasteiger charge is 2.66. The SMILES string of the molecule is CC[C@H](CCC(=O)N1Cc2ccccc21)[C@H]1CC[C@H]2[C@@H]3[C@H](O)C[C@@H]4C[C@H](O)CC[C@]4(C)[C@H]3C[C@H](OC)[C@]12C. The predicted octanol–water partition coefficient (Wildman–Crippen LogP) is 5.96. The first-order valence-corrected chi connectivity index (χ1v) is 15.5. The standard InChI is InChI=1S/C33H49NO4/c1-5-20(10-13-30(37)34-19-21-8-6-7-9-27(21)34)24-11-12-25-31-26(18-29(38-4)33(24,25)3)32(2)15-14-23(35)16-22(32)17-28(31)36/h6-9,20,22-26,28-29,31,35-36H,5,10-19H2,1-4H3/t20-,22+,23-,24-,25+,26+,28-,29+,31+,32+,33-/m1/s1. The van der Waals surface area contributed by atoms with Gasteiger partial charge in [0.05, 0.1) is 24.9 Å². The Labute approximate surface area is 229 Å². The zero-order chi connectivity index (χ0) is 26.8. The Morgan fingerprint density at radius 3 is 2.63 bits per heavy atom. The summed E-state index contributed by atoms with van der Waals surface area (Å²) < 4.78 is 6.39. The molecule has 5 aliphatic rings. The summed E-state index contributed by atoms with van der Waals surface area (Å²) in [5, 5.41) is 22.0. The van der Waals surface area contributed by atoms with Crippen LogP contribution in [-0.2, 0) is 16.1 Å². The van der Waals surface area contributed by atoms with Crippen LogP contribution in [0.3, 0.4) is 0 Å². The molecule has 5 nitrogen and oxygen atoms in total. The van der Waals surface area contributed by atoms with E-state index in [-0.39, 0.29) is 35.0 Å². The summed E-state index contributed by atoms with van der Waals surface area (Å²) in [4.78, 5) is 15.1. The first-order valence-electron chi connectivity index (χ1n) is 15.5. The van der Waals surface area contributed by atoms with Gasteiger partial charge in [-0.1, -0.05) is 45.4 Å². The maximum absolute atomic E-state index is 13.2. The summed E-state index contributed by atoms with van der Waals surface area (Å²) in [5.74, 6) is 2.92. The second kappa shape index (κ2) is 9.89. The molecule has 4 fully saturated rings. The second-order valence-electron chi connectivity index (χ2n) is 14.0. The van der Waals surface area contributed by atoms with Crippen molar-refractivity contribution in [3.05, 3.63) is 29.8 Å². The number of aliphatic hydroxyl groups is 2. The van der Waals surface area contributed by atoms with Gasteiger partial charge >= 0.3 is 0 Å². The molecule has 0 radical (unpaired) electrons. The summed E-state index contributed by atoms with van der Waals surface area (Å²) in [6.45, 7) is 7.98. The van der Waals surface area contributed by atoms with E-state index in [9.17, 15) is 15.0 Å². The molecule has 0 spiro atoms. The molecule has 6 rings (SSSR count). The van der Waals surface area contributed by atoms with Crippen molar-refractivity contribution < 1.29 is 19.7 Å². The Morgan fingerprint density at radius 2 is 1.89 bits per heavy atom. The first kappa shape index (κ1) is 26.8. The largest absolute Gasteiger partial charge is 0.393 e.